The Morgan fingerprint density at radius 3 is 2.43 bits per heavy atom. The summed E-state index contributed by atoms with van der Waals surface area (Å²) in [5.74, 6) is 0.770. The molecule has 3 aromatic heterocycles. The lowest BCUT2D eigenvalue weighted by Gasteiger charge is -2.33. The molecule has 2 N–H and O–H groups in total. The molecule has 1 fully saturated rings. The number of aryl methyl sites for hydroxylation is 4. The summed E-state index contributed by atoms with van der Waals surface area (Å²) in [6.07, 6.45) is 3.93. The van der Waals surface area contributed by atoms with Crippen LogP contribution in [-0.2, 0) is 13.6 Å². The number of pyridine rings is 2. The van der Waals surface area contributed by atoms with Gasteiger partial charge < -0.3 is 24.7 Å². The van der Waals surface area contributed by atoms with E-state index in [-0.39, 0.29) is 18.0 Å². The Hall–Kier alpha value is -3.91. The van der Waals surface area contributed by atoms with Crippen molar-refractivity contribution < 1.29 is 4.79 Å². The third-order valence-corrected chi connectivity index (χ3v) is 7.35. The highest BCUT2D eigenvalue weighted by atomic mass is 16.1. The first-order valence-corrected chi connectivity index (χ1v) is 12.7. The van der Waals surface area contributed by atoms with Crippen molar-refractivity contribution in [1.29, 1.82) is 0 Å². The van der Waals surface area contributed by atoms with Gasteiger partial charge in [0.15, 0.2) is 0 Å². The van der Waals surface area contributed by atoms with Gasteiger partial charge in [0.2, 0.25) is 0 Å². The molecule has 192 valence electrons. The standard InChI is InChI=1S/C29H34N6O2/c1-18-12-20(3)32-29(37)24(18)16-31-28(36)23-13-22(14-25-27(23)19(2)17-34(25)5)21-6-7-26(30-15-21)35-10-8-33(4)9-11-35/h6-7,12-15,17H,8-11,16H2,1-5H3,(H,31,36)(H,32,37). The van der Waals surface area contributed by atoms with Gasteiger partial charge >= 0.3 is 0 Å². The molecule has 0 spiro atoms. The number of amides is 1. The molecule has 37 heavy (non-hydrogen) atoms. The minimum absolute atomic E-state index is 0.166. The summed E-state index contributed by atoms with van der Waals surface area (Å²) in [5.41, 5.74) is 6.56. The average Bonchev–Trinajstić information content (AvgIpc) is 3.16. The number of piperazine rings is 1. The van der Waals surface area contributed by atoms with Crippen LogP contribution in [0.25, 0.3) is 22.0 Å². The van der Waals surface area contributed by atoms with Crippen molar-refractivity contribution in [2.75, 3.05) is 38.1 Å². The molecule has 0 saturated carbocycles. The van der Waals surface area contributed by atoms with Crippen molar-refractivity contribution in [1.82, 2.24) is 24.8 Å². The summed E-state index contributed by atoms with van der Waals surface area (Å²) in [6, 6.07) is 10.1. The molecule has 0 aliphatic carbocycles. The first-order chi connectivity index (χ1) is 17.7. The number of nitrogens with one attached hydrogen (secondary N) is 2. The van der Waals surface area contributed by atoms with Crippen LogP contribution < -0.4 is 15.8 Å². The van der Waals surface area contributed by atoms with Crippen LogP contribution in [0.15, 0.2) is 47.5 Å². The first-order valence-electron chi connectivity index (χ1n) is 12.7. The Morgan fingerprint density at radius 2 is 1.76 bits per heavy atom. The molecule has 1 aliphatic rings. The zero-order valence-corrected chi connectivity index (χ0v) is 22.2. The van der Waals surface area contributed by atoms with Crippen LogP contribution in [0.1, 0.15) is 32.7 Å². The topological polar surface area (TPSA) is 86.3 Å². The minimum Gasteiger partial charge on any atom is -0.354 e. The van der Waals surface area contributed by atoms with E-state index in [0.717, 1.165) is 70.8 Å². The maximum absolute atomic E-state index is 13.5. The van der Waals surface area contributed by atoms with E-state index in [0.29, 0.717) is 11.1 Å². The van der Waals surface area contributed by atoms with Crippen LogP contribution in [0.5, 0.6) is 0 Å². The van der Waals surface area contributed by atoms with Gasteiger partial charge in [0.1, 0.15) is 5.82 Å². The molecule has 1 aliphatic heterocycles. The monoisotopic (exact) mass is 498 g/mol. The number of benzene rings is 1. The lowest BCUT2D eigenvalue weighted by Crippen LogP contribution is -2.44. The van der Waals surface area contributed by atoms with Crippen LogP contribution >= 0.6 is 0 Å². The summed E-state index contributed by atoms with van der Waals surface area (Å²) in [6.45, 7) is 9.90. The maximum atomic E-state index is 13.5. The van der Waals surface area contributed by atoms with E-state index >= 15 is 0 Å². The highest BCUT2D eigenvalue weighted by molar-refractivity contribution is 6.09. The second-order valence-electron chi connectivity index (χ2n) is 10.2. The molecule has 0 bridgehead atoms. The number of hydrogen-bond donors (Lipinski definition) is 2. The highest BCUT2D eigenvalue weighted by Gasteiger charge is 2.19. The average molecular weight is 499 g/mol. The number of likely N-dealkylation sites (N-methyl/N-ethyl adjacent to an activating group) is 1. The molecule has 1 amide bonds. The van der Waals surface area contributed by atoms with Crippen LogP contribution in [0, 0.1) is 20.8 Å². The summed E-state index contributed by atoms with van der Waals surface area (Å²) >= 11 is 0. The second kappa shape index (κ2) is 9.86. The number of aromatic nitrogens is 3. The van der Waals surface area contributed by atoms with Gasteiger partial charge in [0.05, 0.1) is 0 Å². The molecule has 8 nitrogen and oxygen atoms in total. The smallest absolute Gasteiger partial charge is 0.253 e. The molecule has 4 heterocycles. The molecular formula is C29H34N6O2. The molecule has 4 aromatic rings. The summed E-state index contributed by atoms with van der Waals surface area (Å²) in [4.78, 5) is 38.2. The number of H-pyrrole nitrogens is 1. The van der Waals surface area contributed by atoms with Gasteiger partial charge in [0, 0.05) is 85.5 Å². The van der Waals surface area contributed by atoms with Crippen molar-refractivity contribution in [2.45, 2.75) is 27.3 Å². The van der Waals surface area contributed by atoms with Gasteiger partial charge in [-0.15, -0.1) is 0 Å². The molecular weight excluding hydrogens is 464 g/mol. The first kappa shape index (κ1) is 24.8. The highest BCUT2D eigenvalue weighted by Crippen LogP contribution is 2.31. The minimum atomic E-state index is -0.206. The lowest BCUT2D eigenvalue weighted by molar-refractivity contribution is 0.0952. The number of anilines is 1. The number of fused-ring (bicyclic) bond motifs is 1. The molecule has 1 aromatic carbocycles. The predicted molar refractivity (Wildman–Crippen MR) is 148 cm³/mol. The number of carbonyl (C=O) groups is 1. The van der Waals surface area contributed by atoms with Crippen molar-refractivity contribution in [2.24, 2.45) is 7.05 Å². The van der Waals surface area contributed by atoms with Gasteiger partial charge in [-0.05, 0) is 74.8 Å². The van der Waals surface area contributed by atoms with Crippen molar-refractivity contribution in [3.8, 4) is 11.1 Å². The third kappa shape index (κ3) is 4.89. The number of nitrogens with zero attached hydrogens (tertiary/aromatic N) is 4. The van der Waals surface area contributed by atoms with Crippen LogP contribution in [0.4, 0.5) is 5.82 Å². The summed E-state index contributed by atoms with van der Waals surface area (Å²) in [5, 5.41) is 3.90. The lowest BCUT2D eigenvalue weighted by atomic mass is 9.98. The van der Waals surface area contributed by atoms with Gasteiger partial charge in [-0.1, -0.05) is 0 Å². The van der Waals surface area contributed by atoms with Crippen molar-refractivity contribution in [3.63, 3.8) is 0 Å². The fraction of sp³-hybridized carbons (Fsp3) is 0.345. The number of hydrogen-bond acceptors (Lipinski definition) is 5. The molecule has 0 radical (unpaired) electrons. The Kier molecular flexibility index (Phi) is 6.60. The maximum Gasteiger partial charge on any atom is 0.253 e. The van der Waals surface area contributed by atoms with E-state index in [1.807, 2.05) is 56.9 Å². The van der Waals surface area contributed by atoms with Gasteiger partial charge in [0.25, 0.3) is 11.5 Å². The molecule has 0 atom stereocenters. The van der Waals surface area contributed by atoms with E-state index in [1.165, 1.54) is 0 Å². The van der Waals surface area contributed by atoms with Crippen molar-refractivity contribution in [3.05, 3.63) is 81.0 Å². The molecule has 8 heteroatoms. The van der Waals surface area contributed by atoms with E-state index < -0.39 is 0 Å². The predicted octanol–water partition coefficient (Wildman–Crippen LogP) is 3.54. The van der Waals surface area contributed by atoms with Crippen molar-refractivity contribution >= 4 is 22.6 Å². The van der Waals surface area contributed by atoms with Gasteiger partial charge in [-0.3, -0.25) is 9.59 Å². The SMILES string of the molecule is Cc1cc(C)c(CNC(=O)c2cc(-c3ccc(N4CCN(C)CC4)nc3)cc3c2c(C)cn3C)c(=O)[nH]1. The fourth-order valence-corrected chi connectivity index (χ4v) is 5.23. The summed E-state index contributed by atoms with van der Waals surface area (Å²) in [7, 11) is 4.13. The zero-order chi connectivity index (χ0) is 26.3. The zero-order valence-electron chi connectivity index (χ0n) is 22.2. The molecule has 1 saturated heterocycles. The number of rotatable bonds is 5. The number of aromatic amines is 1. The van der Waals surface area contributed by atoms with Crippen LogP contribution in [-0.4, -0.2) is 58.6 Å². The van der Waals surface area contributed by atoms with E-state index in [1.54, 1.807) is 0 Å². The third-order valence-electron chi connectivity index (χ3n) is 7.35. The normalized spacial score (nSPS) is 14.4. The number of carbonyl (C=O) groups excluding carboxylic acids is 1. The van der Waals surface area contributed by atoms with Gasteiger partial charge in [-0.2, -0.15) is 0 Å². The van der Waals surface area contributed by atoms with Crippen LogP contribution in [0.3, 0.4) is 0 Å². The Labute approximate surface area is 216 Å². The fourth-order valence-electron chi connectivity index (χ4n) is 5.23. The molecule has 5 rings (SSSR count). The quantitative estimate of drug-likeness (QED) is 0.440. The van der Waals surface area contributed by atoms with Crippen LogP contribution in [0.2, 0.25) is 0 Å². The largest absolute Gasteiger partial charge is 0.354 e. The summed E-state index contributed by atoms with van der Waals surface area (Å²) < 4.78 is 2.05. The van der Waals surface area contributed by atoms with E-state index in [4.69, 9.17) is 4.98 Å². The molecule has 0 unspecified atom stereocenters. The Morgan fingerprint density at radius 1 is 1.00 bits per heavy atom. The Balaban J connectivity index is 1.46. The van der Waals surface area contributed by atoms with Gasteiger partial charge in [-0.25, -0.2) is 4.98 Å². The van der Waals surface area contributed by atoms with E-state index in [9.17, 15) is 9.59 Å². The van der Waals surface area contributed by atoms with E-state index in [2.05, 4.69) is 45.3 Å². The second-order valence-corrected chi connectivity index (χ2v) is 10.2. The Bertz CT molecular complexity index is 1530.